The van der Waals surface area contributed by atoms with Gasteiger partial charge < -0.3 is 14.5 Å². The van der Waals surface area contributed by atoms with Crippen LogP contribution in [-0.4, -0.2) is 25.2 Å². The van der Waals surface area contributed by atoms with Crippen LogP contribution in [0.2, 0.25) is 0 Å². The molecule has 0 aliphatic heterocycles. The Labute approximate surface area is 120 Å². The zero-order valence-electron chi connectivity index (χ0n) is 12.3. The van der Waals surface area contributed by atoms with Crippen molar-refractivity contribution in [2.75, 3.05) is 20.3 Å². The highest BCUT2D eigenvalue weighted by Crippen LogP contribution is 2.22. The van der Waals surface area contributed by atoms with Gasteiger partial charge in [-0.3, -0.25) is 0 Å². The van der Waals surface area contributed by atoms with Gasteiger partial charge in [0.1, 0.15) is 6.26 Å². The number of methoxy groups -OCH3 is 1. The molecule has 108 valence electrons. The average Bonchev–Trinajstić information content (AvgIpc) is 2.92. The Morgan fingerprint density at radius 2 is 2.00 bits per heavy atom. The number of ether oxygens (including phenoxy) is 1. The zero-order valence-corrected chi connectivity index (χ0v) is 12.3. The van der Waals surface area contributed by atoms with Crippen LogP contribution in [-0.2, 0) is 11.3 Å². The normalized spacial score (nSPS) is 11.2. The van der Waals surface area contributed by atoms with Crippen LogP contribution in [0.4, 0.5) is 0 Å². The fourth-order valence-electron chi connectivity index (χ4n) is 1.92. The summed E-state index contributed by atoms with van der Waals surface area (Å²) in [4.78, 5) is 4.48. The Balaban J connectivity index is 1.97. The van der Waals surface area contributed by atoms with Crippen molar-refractivity contribution < 1.29 is 9.15 Å². The van der Waals surface area contributed by atoms with Crippen LogP contribution in [0, 0.1) is 0 Å². The first-order chi connectivity index (χ1) is 9.70. The van der Waals surface area contributed by atoms with E-state index in [-0.39, 0.29) is 0 Å². The summed E-state index contributed by atoms with van der Waals surface area (Å²) in [7, 11) is 1.69. The van der Waals surface area contributed by atoms with Crippen LogP contribution in [0.15, 0.2) is 34.9 Å². The van der Waals surface area contributed by atoms with Crippen molar-refractivity contribution in [3.8, 4) is 11.5 Å². The van der Waals surface area contributed by atoms with E-state index < -0.39 is 0 Å². The smallest absolute Gasteiger partial charge is 0.226 e. The summed E-state index contributed by atoms with van der Waals surface area (Å²) in [5, 5.41) is 3.24. The number of benzene rings is 1. The largest absolute Gasteiger partial charge is 0.444 e. The van der Waals surface area contributed by atoms with Gasteiger partial charge in [0.15, 0.2) is 0 Å². The van der Waals surface area contributed by atoms with Crippen LogP contribution in [0.25, 0.3) is 11.5 Å². The first-order valence-electron chi connectivity index (χ1n) is 6.95. The van der Waals surface area contributed by atoms with Crippen molar-refractivity contribution in [1.82, 2.24) is 10.3 Å². The molecule has 0 amide bonds. The molecule has 2 rings (SSSR count). The number of rotatable bonds is 7. The SMILES string of the molecule is COCCNCc1coc(-c2ccc(C(C)C)cc2)n1. The molecule has 20 heavy (non-hydrogen) atoms. The van der Waals surface area contributed by atoms with Crippen molar-refractivity contribution in [2.24, 2.45) is 0 Å². The van der Waals surface area contributed by atoms with E-state index in [1.807, 2.05) is 0 Å². The van der Waals surface area contributed by atoms with Crippen molar-refractivity contribution in [3.63, 3.8) is 0 Å². The second kappa shape index (κ2) is 7.22. The van der Waals surface area contributed by atoms with E-state index in [4.69, 9.17) is 9.15 Å². The predicted octanol–water partition coefficient (Wildman–Crippen LogP) is 3.20. The Hall–Kier alpha value is -1.65. The predicted molar refractivity (Wildman–Crippen MR) is 79.6 cm³/mol. The maximum atomic E-state index is 5.53. The Kier molecular flexibility index (Phi) is 5.32. The first kappa shape index (κ1) is 14.8. The molecule has 0 spiro atoms. The molecule has 4 heteroatoms. The molecule has 0 radical (unpaired) electrons. The van der Waals surface area contributed by atoms with Gasteiger partial charge in [-0.1, -0.05) is 26.0 Å². The van der Waals surface area contributed by atoms with Gasteiger partial charge >= 0.3 is 0 Å². The summed E-state index contributed by atoms with van der Waals surface area (Å²) >= 11 is 0. The average molecular weight is 274 g/mol. The van der Waals surface area contributed by atoms with Gasteiger partial charge in [0.05, 0.1) is 12.3 Å². The van der Waals surface area contributed by atoms with E-state index in [2.05, 4.69) is 48.4 Å². The third kappa shape index (κ3) is 3.92. The standard InChI is InChI=1S/C16H22N2O2/c1-12(2)13-4-6-14(7-5-13)16-18-15(11-20-16)10-17-8-9-19-3/h4-7,11-12,17H,8-10H2,1-3H3. The Morgan fingerprint density at radius 1 is 1.25 bits per heavy atom. The molecule has 0 aliphatic carbocycles. The van der Waals surface area contributed by atoms with Crippen LogP contribution >= 0.6 is 0 Å². The highest BCUT2D eigenvalue weighted by Gasteiger charge is 2.07. The van der Waals surface area contributed by atoms with E-state index in [0.717, 1.165) is 17.8 Å². The number of aromatic nitrogens is 1. The first-order valence-corrected chi connectivity index (χ1v) is 6.95. The number of nitrogens with one attached hydrogen (secondary N) is 1. The molecule has 0 aliphatic rings. The second-order valence-corrected chi connectivity index (χ2v) is 5.09. The van der Waals surface area contributed by atoms with Gasteiger partial charge in [-0.2, -0.15) is 0 Å². The third-order valence-corrected chi connectivity index (χ3v) is 3.17. The molecule has 2 aromatic rings. The molecule has 1 N–H and O–H groups in total. The second-order valence-electron chi connectivity index (χ2n) is 5.09. The minimum atomic E-state index is 0.536. The Morgan fingerprint density at radius 3 is 2.65 bits per heavy atom. The molecule has 1 aromatic heterocycles. The van der Waals surface area contributed by atoms with Gasteiger partial charge in [0.2, 0.25) is 5.89 Å². The maximum Gasteiger partial charge on any atom is 0.226 e. The van der Waals surface area contributed by atoms with E-state index >= 15 is 0 Å². The van der Waals surface area contributed by atoms with Crippen molar-refractivity contribution >= 4 is 0 Å². The van der Waals surface area contributed by atoms with Crippen LogP contribution in [0.3, 0.4) is 0 Å². The van der Waals surface area contributed by atoms with Gasteiger partial charge in [-0.05, 0) is 23.6 Å². The monoisotopic (exact) mass is 274 g/mol. The summed E-state index contributed by atoms with van der Waals surface area (Å²) in [6, 6.07) is 8.37. The molecule has 1 heterocycles. The highest BCUT2D eigenvalue weighted by molar-refractivity contribution is 5.53. The summed E-state index contributed by atoms with van der Waals surface area (Å²) in [5.74, 6) is 1.21. The molecule has 4 nitrogen and oxygen atoms in total. The number of nitrogens with zero attached hydrogens (tertiary/aromatic N) is 1. The lowest BCUT2D eigenvalue weighted by atomic mass is 10.0. The van der Waals surface area contributed by atoms with Gasteiger partial charge in [-0.15, -0.1) is 0 Å². The minimum Gasteiger partial charge on any atom is -0.444 e. The molecule has 0 bridgehead atoms. The quantitative estimate of drug-likeness (QED) is 0.788. The van der Waals surface area contributed by atoms with Crippen molar-refractivity contribution in [2.45, 2.75) is 26.3 Å². The molecule has 0 atom stereocenters. The van der Waals surface area contributed by atoms with Crippen molar-refractivity contribution in [1.29, 1.82) is 0 Å². The summed E-state index contributed by atoms with van der Waals surface area (Å²) in [6.07, 6.45) is 1.70. The molecular weight excluding hydrogens is 252 g/mol. The molecule has 1 aromatic carbocycles. The fourth-order valence-corrected chi connectivity index (χ4v) is 1.92. The lowest BCUT2D eigenvalue weighted by molar-refractivity contribution is 0.199. The number of hydrogen-bond donors (Lipinski definition) is 1. The van der Waals surface area contributed by atoms with Crippen LogP contribution < -0.4 is 5.32 Å². The van der Waals surface area contributed by atoms with Crippen LogP contribution in [0.1, 0.15) is 31.0 Å². The van der Waals surface area contributed by atoms with E-state index in [1.54, 1.807) is 13.4 Å². The lowest BCUT2D eigenvalue weighted by Crippen LogP contribution is -2.18. The summed E-state index contributed by atoms with van der Waals surface area (Å²) in [6.45, 7) is 6.56. The maximum absolute atomic E-state index is 5.53. The molecule has 0 fully saturated rings. The molecule has 0 unspecified atom stereocenters. The highest BCUT2D eigenvalue weighted by atomic mass is 16.5. The third-order valence-electron chi connectivity index (χ3n) is 3.17. The topological polar surface area (TPSA) is 47.3 Å². The zero-order chi connectivity index (χ0) is 14.4. The van der Waals surface area contributed by atoms with Gasteiger partial charge in [0, 0.05) is 25.8 Å². The van der Waals surface area contributed by atoms with Gasteiger partial charge in [-0.25, -0.2) is 4.98 Å². The summed E-state index contributed by atoms with van der Waals surface area (Å²) < 4.78 is 10.5. The Bertz CT molecular complexity index is 518. The lowest BCUT2D eigenvalue weighted by Gasteiger charge is -2.04. The summed E-state index contributed by atoms with van der Waals surface area (Å²) in [5.41, 5.74) is 3.24. The van der Waals surface area contributed by atoms with Gasteiger partial charge in [0.25, 0.3) is 0 Å². The number of oxazole rings is 1. The fraction of sp³-hybridized carbons (Fsp3) is 0.438. The van der Waals surface area contributed by atoms with Crippen molar-refractivity contribution in [3.05, 3.63) is 41.8 Å². The molecule has 0 saturated heterocycles. The molecule has 0 saturated carbocycles. The minimum absolute atomic E-state index is 0.536. The van der Waals surface area contributed by atoms with E-state index in [9.17, 15) is 0 Å². The van der Waals surface area contributed by atoms with E-state index in [1.165, 1.54) is 5.56 Å². The molecular formula is C16H22N2O2. The van der Waals surface area contributed by atoms with Crippen LogP contribution in [0.5, 0.6) is 0 Å². The van der Waals surface area contributed by atoms with E-state index in [0.29, 0.717) is 25.0 Å². The number of hydrogen-bond acceptors (Lipinski definition) is 4.